The van der Waals surface area contributed by atoms with Crippen molar-refractivity contribution in [1.82, 2.24) is 10.2 Å². The Morgan fingerprint density at radius 3 is 2.45 bits per heavy atom. The minimum absolute atomic E-state index is 0.272. The number of rotatable bonds is 7. The number of nitrogens with zero attached hydrogens (tertiary/aromatic N) is 2. The van der Waals surface area contributed by atoms with Crippen molar-refractivity contribution in [3.63, 3.8) is 0 Å². The van der Waals surface area contributed by atoms with E-state index in [0.29, 0.717) is 23.8 Å². The summed E-state index contributed by atoms with van der Waals surface area (Å²) in [7, 11) is 0.204. The van der Waals surface area contributed by atoms with E-state index in [9.17, 15) is 13.2 Å². The number of amides is 1. The molecule has 22 heavy (non-hydrogen) atoms. The van der Waals surface area contributed by atoms with Crippen LogP contribution in [0.2, 0.25) is 5.02 Å². The second-order valence-corrected chi connectivity index (χ2v) is 7.67. The second kappa shape index (κ2) is 7.80. The van der Waals surface area contributed by atoms with Crippen molar-refractivity contribution in [3.05, 3.63) is 28.8 Å². The molecule has 0 saturated heterocycles. The van der Waals surface area contributed by atoms with Gasteiger partial charge in [-0.1, -0.05) is 17.7 Å². The molecule has 1 aromatic rings. The van der Waals surface area contributed by atoms with Gasteiger partial charge in [-0.05, 0) is 38.7 Å². The van der Waals surface area contributed by atoms with Gasteiger partial charge in [0.2, 0.25) is 15.9 Å². The molecular weight excluding hydrogens is 326 g/mol. The number of carbonyl (C=O) groups excluding carboxylic acids is 1. The Morgan fingerprint density at radius 2 is 1.95 bits per heavy atom. The van der Waals surface area contributed by atoms with Crippen LogP contribution in [0.3, 0.4) is 0 Å². The maximum atomic E-state index is 11.9. The number of halogens is 1. The first-order valence-electron chi connectivity index (χ1n) is 6.76. The Hall–Kier alpha value is -1.31. The zero-order valence-corrected chi connectivity index (χ0v) is 14.8. The summed E-state index contributed by atoms with van der Waals surface area (Å²) in [6.45, 7) is 2.69. The van der Waals surface area contributed by atoms with Crippen LogP contribution < -0.4 is 9.62 Å². The number of sulfonamides is 1. The van der Waals surface area contributed by atoms with Gasteiger partial charge in [0.15, 0.2) is 0 Å². The number of hydrogen-bond acceptors (Lipinski definition) is 4. The predicted molar refractivity (Wildman–Crippen MR) is 89.9 cm³/mol. The maximum Gasteiger partial charge on any atom is 0.240 e. The highest BCUT2D eigenvalue weighted by Crippen LogP contribution is 2.24. The van der Waals surface area contributed by atoms with Crippen molar-refractivity contribution in [2.24, 2.45) is 0 Å². The molecule has 1 N–H and O–H groups in total. The summed E-state index contributed by atoms with van der Waals surface area (Å²) in [6.07, 6.45) is 1.06. The largest absolute Gasteiger partial charge is 0.353 e. The smallest absolute Gasteiger partial charge is 0.240 e. The molecule has 6 nitrogen and oxygen atoms in total. The maximum absolute atomic E-state index is 11.9. The summed E-state index contributed by atoms with van der Waals surface area (Å²) in [5.41, 5.74) is 1.22. The third kappa shape index (κ3) is 5.82. The minimum atomic E-state index is -3.58. The van der Waals surface area contributed by atoms with Crippen LogP contribution in [0.15, 0.2) is 18.2 Å². The van der Waals surface area contributed by atoms with Crippen LogP contribution in [0.5, 0.6) is 0 Å². The topological polar surface area (TPSA) is 69.7 Å². The molecule has 0 heterocycles. The SMILES string of the molecule is Cc1ccc(N(CC(=O)NCCN(C)C)S(C)(=O)=O)cc1Cl. The van der Waals surface area contributed by atoms with Gasteiger partial charge >= 0.3 is 0 Å². The van der Waals surface area contributed by atoms with E-state index in [-0.39, 0.29) is 12.5 Å². The highest BCUT2D eigenvalue weighted by Gasteiger charge is 2.21. The lowest BCUT2D eigenvalue weighted by atomic mass is 10.2. The van der Waals surface area contributed by atoms with Gasteiger partial charge in [0, 0.05) is 18.1 Å². The molecule has 0 saturated carbocycles. The van der Waals surface area contributed by atoms with Gasteiger partial charge in [-0.3, -0.25) is 9.10 Å². The van der Waals surface area contributed by atoms with Gasteiger partial charge in [0.25, 0.3) is 0 Å². The highest BCUT2D eigenvalue weighted by molar-refractivity contribution is 7.92. The third-order valence-electron chi connectivity index (χ3n) is 3.01. The van der Waals surface area contributed by atoms with Crippen molar-refractivity contribution < 1.29 is 13.2 Å². The molecule has 1 amide bonds. The Labute approximate surface area is 137 Å². The summed E-state index contributed by atoms with van der Waals surface area (Å²) in [5, 5.41) is 3.15. The summed E-state index contributed by atoms with van der Waals surface area (Å²) in [5.74, 6) is -0.357. The van der Waals surface area contributed by atoms with Gasteiger partial charge in [-0.25, -0.2) is 8.42 Å². The Morgan fingerprint density at radius 1 is 1.32 bits per heavy atom. The molecule has 124 valence electrons. The van der Waals surface area contributed by atoms with Crippen LogP contribution in [0.4, 0.5) is 5.69 Å². The molecule has 0 aliphatic carbocycles. The van der Waals surface area contributed by atoms with Gasteiger partial charge in [-0.15, -0.1) is 0 Å². The molecular formula is C14H22ClN3O3S. The van der Waals surface area contributed by atoms with E-state index < -0.39 is 10.0 Å². The molecule has 1 rings (SSSR count). The monoisotopic (exact) mass is 347 g/mol. The lowest BCUT2D eigenvalue weighted by Gasteiger charge is -2.22. The molecule has 8 heteroatoms. The average Bonchev–Trinajstić information content (AvgIpc) is 2.37. The van der Waals surface area contributed by atoms with E-state index in [1.54, 1.807) is 18.2 Å². The van der Waals surface area contributed by atoms with Gasteiger partial charge < -0.3 is 10.2 Å². The number of benzene rings is 1. The fourth-order valence-corrected chi connectivity index (χ4v) is 2.77. The number of hydrogen-bond donors (Lipinski definition) is 1. The molecule has 0 fully saturated rings. The molecule has 0 bridgehead atoms. The van der Waals surface area contributed by atoms with Crippen LogP contribution in [-0.2, 0) is 14.8 Å². The summed E-state index contributed by atoms with van der Waals surface area (Å²) in [4.78, 5) is 13.9. The van der Waals surface area contributed by atoms with Gasteiger partial charge in [0.05, 0.1) is 11.9 Å². The van der Waals surface area contributed by atoms with Gasteiger partial charge in [-0.2, -0.15) is 0 Å². The highest BCUT2D eigenvalue weighted by atomic mass is 35.5. The van der Waals surface area contributed by atoms with E-state index >= 15 is 0 Å². The fraction of sp³-hybridized carbons (Fsp3) is 0.500. The van der Waals surface area contributed by atoms with Crippen LogP contribution in [-0.4, -0.2) is 59.2 Å². The second-order valence-electron chi connectivity index (χ2n) is 5.36. The first-order chi connectivity index (χ1) is 10.1. The molecule has 0 spiro atoms. The van der Waals surface area contributed by atoms with E-state index in [0.717, 1.165) is 16.1 Å². The van der Waals surface area contributed by atoms with Crippen molar-refractivity contribution in [2.45, 2.75) is 6.92 Å². The van der Waals surface area contributed by atoms with E-state index in [2.05, 4.69) is 5.32 Å². The molecule has 0 unspecified atom stereocenters. The number of likely N-dealkylation sites (N-methyl/N-ethyl adjacent to an activating group) is 1. The standard InChI is InChI=1S/C14H22ClN3O3S/c1-11-5-6-12(9-13(11)15)18(22(4,20)21)10-14(19)16-7-8-17(2)3/h5-6,9H,7-8,10H2,1-4H3,(H,16,19). The minimum Gasteiger partial charge on any atom is -0.353 e. The zero-order valence-electron chi connectivity index (χ0n) is 13.3. The number of aryl methyl sites for hydroxylation is 1. The van der Waals surface area contributed by atoms with Crippen LogP contribution in [0.1, 0.15) is 5.56 Å². The average molecular weight is 348 g/mol. The lowest BCUT2D eigenvalue weighted by Crippen LogP contribution is -2.42. The number of carbonyl (C=O) groups is 1. The molecule has 0 aromatic heterocycles. The number of anilines is 1. The molecule has 0 aliphatic heterocycles. The van der Waals surface area contributed by atoms with Crippen molar-refractivity contribution >= 4 is 33.2 Å². The summed E-state index contributed by atoms with van der Waals surface area (Å²) >= 11 is 6.04. The van der Waals surface area contributed by atoms with E-state index in [1.165, 1.54) is 0 Å². The molecule has 0 radical (unpaired) electrons. The quantitative estimate of drug-likeness (QED) is 0.801. The predicted octanol–water partition coefficient (Wildman–Crippen LogP) is 1.09. The molecule has 0 atom stereocenters. The zero-order chi connectivity index (χ0) is 16.9. The Bertz CT molecular complexity index is 632. The van der Waals surface area contributed by atoms with Crippen molar-refractivity contribution in [2.75, 3.05) is 44.3 Å². The van der Waals surface area contributed by atoms with Crippen molar-refractivity contribution in [3.8, 4) is 0 Å². The van der Waals surface area contributed by atoms with E-state index in [1.807, 2.05) is 25.9 Å². The fourth-order valence-electron chi connectivity index (χ4n) is 1.74. The lowest BCUT2D eigenvalue weighted by molar-refractivity contribution is -0.119. The molecule has 1 aromatic carbocycles. The van der Waals surface area contributed by atoms with Crippen LogP contribution in [0, 0.1) is 6.92 Å². The van der Waals surface area contributed by atoms with Crippen LogP contribution in [0.25, 0.3) is 0 Å². The summed E-state index contributed by atoms with van der Waals surface area (Å²) in [6, 6.07) is 4.90. The normalized spacial score (nSPS) is 11.5. The third-order valence-corrected chi connectivity index (χ3v) is 4.56. The number of nitrogens with one attached hydrogen (secondary N) is 1. The van der Waals surface area contributed by atoms with E-state index in [4.69, 9.17) is 11.6 Å². The van der Waals surface area contributed by atoms with Crippen LogP contribution >= 0.6 is 11.6 Å². The Balaban J connectivity index is 2.86. The first-order valence-corrected chi connectivity index (χ1v) is 8.99. The van der Waals surface area contributed by atoms with Crippen molar-refractivity contribution in [1.29, 1.82) is 0 Å². The first kappa shape index (κ1) is 18.7. The Kier molecular flexibility index (Phi) is 6.65. The molecule has 0 aliphatic rings. The van der Waals surface area contributed by atoms with Gasteiger partial charge in [0.1, 0.15) is 6.54 Å². The summed E-state index contributed by atoms with van der Waals surface area (Å²) < 4.78 is 24.9.